The predicted octanol–water partition coefficient (Wildman–Crippen LogP) is 1.93. The van der Waals surface area contributed by atoms with Crippen LogP contribution in [-0.2, 0) is 4.74 Å². The molecule has 1 rings (SSSR count). The number of halogens is 1. The van der Waals surface area contributed by atoms with Gasteiger partial charge in [-0.15, -0.1) is 12.4 Å². The molecular weight excluding hydrogens is 162 g/mol. The van der Waals surface area contributed by atoms with E-state index in [1.165, 1.54) is 6.42 Å². The molecule has 1 fully saturated rings. The van der Waals surface area contributed by atoms with Gasteiger partial charge >= 0.3 is 0 Å². The van der Waals surface area contributed by atoms with Crippen LogP contribution in [0.2, 0.25) is 0 Å². The van der Waals surface area contributed by atoms with Crippen molar-refractivity contribution in [1.29, 1.82) is 0 Å². The molecule has 1 N–H and O–H groups in total. The van der Waals surface area contributed by atoms with Crippen molar-refractivity contribution in [2.75, 3.05) is 6.61 Å². The van der Waals surface area contributed by atoms with Crippen LogP contribution >= 0.6 is 12.4 Å². The third-order valence-corrected chi connectivity index (χ3v) is 1.75. The minimum atomic E-state index is 0. The number of rotatable bonds is 2. The third-order valence-electron chi connectivity index (χ3n) is 1.75. The minimum absolute atomic E-state index is 0. The van der Waals surface area contributed by atoms with Gasteiger partial charge in [0, 0.05) is 5.54 Å². The Morgan fingerprint density at radius 1 is 1.55 bits per heavy atom. The summed E-state index contributed by atoms with van der Waals surface area (Å²) < 4.78 is 5.50. The van der Waals surface area contributed by atoms with Gasteiger partial charge < -0.3 is 4.74 Å². The van der Waals surface area contributed by atoms with E-state index in [9.17, 15) is 0 Å². The molecule has 1 atom stereocenters. The predicted molar refractivity (Wildman–Crippen MR) is 49.1 cm³/mol. The largest absolute Gasteiger partial charge is 0.361 e. The van der Waals surface area contributed by atoms with E-state index in [1.54, 1.807) is 0 Å². The standard InChI is InChI=1S/C8H17NO.ClH/c1-4-5-7-9-8(2,3)6-10-7;/h7,9H,4-6H2,1-3H3;1H. The highest BCUT2D eigenvalue weighted by Crippen LogP contribution is 2.16. The number of ether oxygens (including phenoxy) is 1. The fourth-order valence-corrected chi connectivity index (χ4v) is 1.25. The molecule has 1 aliphatic heterocycles. The Balaban J connectivity index is 0.000001000. The van der Waals surface area contributed by atoms with Gasteiger partial charge in [-0.1, -0.05) is 13.3 Å². The zero-order valence-electron chi connectivity index (χ0n) is 7.52. The maximum absolute atomic E-state index is 5.50. The molecule has 1 unspecified atom stereocenters. The summed E-state index contributed by atoms with van der Waals surface area (Å²) >= 11 is 0. The van der Waals surface area contributed by atoms with Gasteiger partial charge in [-0.2, -0.15) is 0 Å². The Hall–Kier alpha value is 0.210. The first-order valence-electron chi connectivity index (χ1n) is 4.03. The highest BCUT2D eigenvalue weighted by molar-refractivity contribution is 5.85. The summed E-state index contributed by atoms with van der Waals surface area (Å²) in [6.07, 6.45) is 2.62. The molecule has 1 heterocycles. The lowest BCUT2D eigenvalue weighted by atomic mass is 10.1. The zero-order chi connectivity index (χ0) is 7.61. The van der Waals surface area contributed by atoms with Crippen molar-refractivity contribution < 1.29 is 4.74 Å². The molecule has 0 spiro atoms. The van der Waals surface area contributed by atoms with Crippen molar-refractivity contribution in [3.05, 3.63) is 0 Å². The average molecular weight is 180 g/mol. The molecule has 0 radical (unpaired) electrons. The number of hydrogen-bond acceptors (Lipinski definition) is 2. The molecule has 0 bridgehead atoms. The molecule has 2 nitrogen and oxygen atoms in total. The third kappa shape index (κ3) is 3.41. The highest BCUT2D eigenvalue weighted by Gasteiger charge is 2.29. The summed E-state index contributed by atoms with van der Waals surface area (Å²) in [5.41, 5.74) is 0.194. The Labute approximate surface area is 75.1 Å². The molecule has 0 aromatic rings. The van der Waals surface area contributed by atoms with Crippen molar-refractivity contribution in [2.45, 2.75) is 45.4 Å². The fourth-order valence-electron chi connectivity index (χ4n) is 1.25. The molecule has 0 saturated carbocycles. The second-order valence-corrected chi connectivity index (χ2v) is 3.62. The van der Waals surface area contributed by atoms with Crippen LogP contribution in [0.25, 0.3) is 0 Å². The molecule has 0 aromatic heterocycles. The van der Waals surface area contributed by atoms with E-state index >= 15 is 0 Å². The van der Waals surface area contributed by atoms with Gasteiger partial charge in [0.2, 0.25) is 0 Å². The molecule has 1 aliphatic rings. The highest BCUT2D eigenvalue weighted by atomic mass is 35.5. The lowest BCUT2D eigenvalue weighted by Crippen LogP contribution is -2.38. The summed E-state index contributed by atoms with van der Waals surface area (Å²) in [5, 5.41) is 3.41. The molecule has 0 amide bonds. The summed E-state index contributed by atoms with van der Waals surface area (Å²) in [6, 6.07) is 0. The van der Waals surface area contributed by atoms with E-state index < -0.39 is 0 Å². The van der Waals surface area contributed by atoms with Crippen LogP contribution in [0.5, 0.6) is 0 Å². The Morgan fingerprint density at radius 3 is 2.55 bits per heavy atom. The van der Waals surface area contributed by atoms with E-state index in [-0.39, 0.29) is 17.9 Å². The number of nitrogens with one attached hydrogen (secondary N) is 1. The summed E-state index contributed by atoms with van der Waals surface area (Å²) in [5.74, 6) is 0. The first kappa shape index (κ1) is 11.2. The SMILES string of the molecule is CCCC1NC(C)(C)CO1.Cl. The van der Waals surface area contributed by atoms with E-state index in [4.69, 9.17) is 4.74 Å². The van der Waals surface area contributed by atoms with Gasteiger partial charge in [0.25, 0.3) is 0 Å². The van der Waals surface area contributed by atoms with E-state index in [0.29, 0.717) is 6.23 Å². The lowest BCUT2D eigenvalue weighted by Gasteiger charge is -2.16. The van der Waals surface area contributed by atoms with Crippen LogP contribution in [0.4, 0.5) is 0 Å². The second-order valence-electron chi connectivity index (χ2n) is 3.62. The summed E-state index contributed by atoms with van der Waals surface area (Å²) in [7, 11) is 0. The van der Waals surface area contributed by atoms with Crippen LogP contribution in [-0.4, -0.2) is 18.4 Å². The van der Waals surface area contributed by atoms with Crippen LogP contribution in [0.3, 0.4) is 0 Å². The monoisotopic (exact) mass is 179 g/mol. The van der Waals surface area contributed by atoms with E-state index in [2.05, 4.69) is 26.1 Å². The molecule has 0 aliphatic carbocycles. The second kappa shape index (κ2) is 4.29. The summed E-state index contributed by atoms with van der Waals surface area (Å²) in [6.45, 7) is 7.36. The van der Waals surface area contributed by atoms with Gasteiger partial charge in [-0.05, 0) is 20.3 Å². The molecular formula is C8H18ClNO. The molecule has 0 aromatic carbocycles. The van der Waals surface area contributed by atoms with Crippen LogP contribution < -0.4 is 5.32 Å². The normalized spacial score (nSPS) is 28.1. The molecule has 3 heteroatoms. The van der Waals surface area contributed by atoms with Crippen molar-refractivity contribution in [3.63, 3.8) is 0 Å². The van der Waals surface area contributed by atoms with Crippen molar-refractivity contribution in [3.8, 4) is 0 Å². The zero-order valence-corrected chi connectivity index (χ0v) is 8.33. The smallest absolute Gasteiger partial charge is 0.108 e. The fraction of sp³-hybridized carbons (Fsp3) is 1.00. The molecule has 11 heavy (non-hydrogen) atoms. The van der Waals surface area contributed by atoms with Gasteiger partial charge in [0.1, 0.15) is 6.23 Å². The van der Waals surface area contributed by atoms with Gasteiger partial charge in [-0.25, -0.2) is 0 Å². The number of hydrogen-bond donors (Lipinski definition) is 1. The van der Waals surface area contributed by atoms with Gasteiger partial charge in [-0.3, -0.25) is 5.32 Å². The van der Waals surface area contributed by atoms with Crippen molar-refractivity contribution >= 4 is 12.4 Å². The van der Waals surface area contributed by atoms with E-state index in [0.717, 1.165) is 13.0 Å². The first-order chi connectivity index (χ1) is 4.64. The topological polar surface area (TPSA) is 21.3 Å². The minimum Gasteiger partial charge on any atom is -0.361 e. The molecule has 1 saturated heterocycles. The van der Waals surface area contributed by atoms with E-state index in [1.807, 2.05) is 0 Å². The lowest BCUT2D eigenvalue weighted by molar-refractivity contribution is 0.0912. The van der Waals surface area contributed by atoms with Crippen LogP contribution in [0.15, 0.2) is 0 Å². The van der Waals surface area contributed by atoms with Gasteiger partial charge in [0.15, 0.2) is 0 Å². The van der Waals surface area contributed by atoms with Crippen LogP contribution in [0.1, 0.15) is 33.6 Å². The summed E-state index contributed by atoms with van der Waals surface area (Å²) in [4.78, 5) is 0. The quantitative estimate of drug-likeness (QED) is 0.700. The van der Waals surface area contributed by atoms with Gasteiger partial charge in [0.05, 0.1) is 6.61 Å². The first-order valence-corrected chi connectivity index (χ1v) is 4.03. The Bertz CT molecular complexity index is 117. The van der Waals surface area contributed by atoms with Crippen molar-refractivity contribution in [2.24, 2.45) is 0 Å². The van der Waals surface area contributed by atoms with Crippen LogP contribution in [0, 0.1) is 0 Å². The Kier molecular flexibility index (Phi) is 4.37. The maximum Gasteiger partial charge on any atom is 0.108 e. The average Bonchev–Trinajstić information content (AvgIpc) is 2.12. The maximum atomic E-state index is 5.50. The Morgan fingerprint density at radius 2 is 2.18 bits per heavy atom. The van der Waals surface area contributed by atoms with Crippen molar-refractivity contribution in [1.82, 2.24) is 5.32 Å². The molecule has 68 valence electrons.